The maximum atomic E-state index is 4.42. The number of anilines is 1. The van der Waals surface area contributed by atoms with Crippen molar-refractivity contribution in [2.45, 2.75) is 19.9 Å². The maximum Gasteiger partial charge on any atom is 0.203 e. The molecule has 0 spiro atoms. The molecule has 0 fully saturated rings. The lowest BCUT2D eigenvalue weighted by molar-refractivity contribution is 0.689. The van der Waals surface area contributed by atoms with Crippen molar-refractivity contribution in [1.82, 2.24) is 9.55 Å². The van der Waals surface area contributed by atoms with Gasteiger partial charge in [0.05, 0.1) is 5.69 Å². The Morgan fingerprint density at radius 1 is 1.67 bits per heavy atom. The summed E-state index contributed by atoms with van der Waals surface area (Å²) in [6.45, 7) is 7.49. The first kappa shape index (κ1) is 12.2. The van der Waals surface area contributed by atoms with E-state index in [0.29, 0.717) is 0 Å². The molecule has 0 radical (unpaired) electrons. The highest BCUT2D eigenvalue weighted by Gasteiger charge is 2.03. The second kappa shape index (κ2) is 6.56. The van der Waals surface area contributed by atoms with E-state index < -0.39 is 0 Å². The molecule has 0 unspecified atom stereocenters. The van der Waals surface area contributed by atoms with Crippen molar-refractivity contribution >= 4 is 17.7 Å². The topological polar surface area (TPSA) is 29.9 Å². The Morgan fingerprint density at radius 2 is 2.47 bits per heavy atom. The fourth-order valence-electron chi connectivity index (χ4n) is 1.40. The average molecular weight is 225 g/mol. The molecule has 1 N–H and O–H groups in total. The van der Waals surface area contributed by atoms with Crippen molar-refractivity contribution in [3.63, 3.8) is 0 Å². The van der Waals surface area contributed by atoms with Crippen molar-refractivity contribution in [3.05, 3.63) is 24.5 Å². The van der Waals surface area contributed by atoms with Gasteiger partial charge in [-0.3, -0.25) is 0 Å². The predicted molar refractivity (Wildman–Crippen MR) is 68.6 cm³/mol. The molecular formula is C11H19N3S. The number of hydrogen-bond donors (Lipinski definition) is 1. The molecule has 0 aromatic carbocycles. The first-order chi connectivity index (χ1) is 7.27. The van der Waals surface area contributed by atoms with Crippen LogP contribution in [0.15, 0.2) is 18.9 Å². The summed E-state index contributed by atoms with van der Waals surface area (Å²) in [4.78, 5) is 4.42. The molecule has 0 amide bonds. The van der Waals surface area contributed by atoms with Crippen LogP contribution < -0.4 is 5.32 Å². The zero-order valence-corrected chi connectivity index (χ0v) is 10.3. The van der Waals surface area contributed by atoms with Crippen LogP contribution in [0.5, 0.6) is 0 Å². The van der Waals surface area contributed by atoms with E-state index in [0.717, 1.165) is 24.7 Å². The first-order valence-corrected chi connectivity index (χ1v) is 6.54. The number of nitrogens with zero attached hydrogens (tertiary/aromatic N) is 2. The van der Waals surface area contributed by atoms with E-state index in [1.54, 1.807) is 0 Å². The SMILES string of the molecule is C=CCNc1nc(C)cn1CCCSC. The summed E-state index contributed by atoms with van der Waals surface area (Å²) in [6, 6.07) is 0. The number of thioether (sulfide) groups is 1. The summed E-state index contributed by atoms with van der Waals surface area (Å²) in [5.41, 5.74) is 1.06. The van der Waals surface area contributed by atoms with Crippen molar-refractivity contribution in [1.29, 1.82) is 0 Å². The molecule has 3 nitrogen and oxygen atoms in total. The first-order valence-electron chi connectivity index (χ1n) is 5.15. The van der Waals surface area contributed by atoms with Crippen LogP contribution in [0.4, 0.5) is 5.95 Å². The van der Waals surface area contributed by atoms with E-state index >= 15 is 0 Å². The molecule has 1 heterocycles. The van der Waals surface area contributed by atoms with E-state index in [9.17, 15) is 0 Å². The van der Waals surface area contributed by atoms with Crippen molar-refractivity contribution < 1.29 is 0 Å². The largest absolute Gasteiger partial charge is 0.352 e. The third-order valence-electron chi connectivity index (χ3n) is 2.05. The highest BCUT2D eigenvalue weighted by molar-refractivity contribution is 7.98. The lowest BCUT2D eigenvalue weighted by Gasteiger charge is -2.07. The fourth-order valence-corrected chi connectivity index (χ4v) is 1.82. The molecule has 0 aliphatic carbocycles. The van der Waals surface area contributed by atoms with E-state index in [4.69, 9.17) is 0 Å². The quantitative estimate of drug-likeness (QED) is 0.571. The van der Waals surface area contributed by atoms with Crippen LogP contribution in [0, 0.1) is 6.92 Å². The Hall–Kier alpha value is -0.900. The Kier molecular flexibility index (Phi) is 5.32. The maximum absolute atomic E-state index is 4.42. The molecule has 0 saturated carbocycles. The Balaban J connectivity index is 2.55. The highest BCUT2D eigenvalue weighted by atomic mass is 32.2. The van der Waals surface area contributed by atoms with Crippen LogP contribution in [-0.2, 0) is 6.54 Å². The van der Waals surface area contributed by atoms with Crippen molar-refractivity contribution in [2.75, 3.05) is 23.9 Å². The number of rotatable bonds is 7. The van der Waals surface area contributed by atoms with Crippen LogP contribution >= 0.6 is 11.8 Å². The van der Waals surface area contributed by atoms with Crippen LogP contribution in [0.2, 0.25) is 0 Å². The molecular weight excluding hydrogens is 206 g/mol. The number of imidazole rings is 1. The van der Waals surface area contributed by atoms with E-state index in [1.807, 2.05) is 24.8 Å². The molecule has 0 saturated heterocycles. The monoisotopic (exact) mass is 225 g/mol. The molecule has 0 atom stereocenters. The van der Waals surface area contributed by atoms with E-state index in [2.05, 4.69) is 33.9 Å². The van der Waals surface area contributed by atoms with Gasteiger partial charge in [-0.15, -0.1) is 6.58 Å². The van der Waals surface area contributed by atoms with Gasteiger partial charge in [-0.1, -0.05) is 6.08 Å². The van der Waals surface area contributed by atoms with Crippen LogP contribution in [0.25, 0.3) is 0 Å². The Labute approximate surface area is 96.0 Å². The second-order valence-corrected chi connectivity index (χ2v) is 4.40. The van der Waals surface area contributed by atoms with Gasteiger partial charge in [0, 0.05) is 19.3 Å². The number of aryl methyl sites for hydroxylation is 2. The lowest BCUT2D eigenvalue weighted by Crippen LogP contribution is -2.07. The van der Waals surface area contributed by atoms with E-state index in [1.165, 1.54) is 12.2 Å². The summed E-state index contributed by atoms with van der Waals surface area (Å²) in [5, 5.41) is 3.24. The zero-order chi connectivity index (χ0) is 11.1. The predicted octanol–water partition coefficient (Wildman–Crippen LogP) is 2.54. The van der Waals surface area contributed by atoms with Gasteiger partial charge in [0.2, 0.25) is 5.95 Å². The molecule has 1 aromatic rings. The van der Waals surface area contributed by atoms with Crippen LogP contribution in [0.1, 0.15) is 12.1 Å². The minimum atomic E-state index is 0.763. The summed E-state index contributed by atoms with van der Waals surface area (Å²) in [5.74, 6) is 2.14. The number of aromatic nitrogens is 2. The minimum Gasteiger partial charge on any atom is -0.352 e. The summed E-state index contributed by atoms with van der Waals surface area (Å²) in [6.07, 6.45) is 7.25. The standard InChI is InChI=1S/C11H19N3S/c1-4-6-12-11-13-10(2)9-14(11)7-5-8-15-3/h4,9H,1,5-8H2,2-3H3,(H,12,13). The van der Waals surface area contributed by atoms with Gasteiger partial charge in [-0.05, 0) is 25.4 Å². The van der Waals surface area contributed by atoms with Gasteiger partial charge in [-0.25, -0.2) is 4.98 Å². The Morgan fingerprint density at radius 3 is 3.13 bits per heavy atom. The van der Waals surface area contributed by atoms with Crippen LogP contribution in [0.3, 0.4) is 0 Å². The molecule has 1 rings (SSSR count). The highest BCUT2D eigenvalue weighted by Crippen LogP contribution is 2.10. The van der Waals surface area contributed by atoms with Gasteiger partial charge < -0.3 is 9.88 Å². The second-order valence-electron chi connectivity index (χ2n) is 3.42. The smallest absolute Gasteiger partial charge is 0.203 e. The zero-order valence-electron chi connectivity index (χ0n) is 9.49. The fraction of sp³-hybridized carbons (Fsp3) is 0.545. The Bertz CT molecular complexity index is 307. The molecule has 0 aliphatic heterocycles. The number of hydrogen-bond acceptors (Lipinski definition) is 3. The lowest BCUT2D eigenvalue weighted by atomic mass is 10.4. The van der Waals surface area contributed by atoms with E-state index in [-0.39, 0.29) is 0 Å². The third-order valence-corrected chi connectivity index (χ3v) is 2.75. The average Bonchev–Trinajstić information content (AvgIpc) is 2.56. The molecule has 4 heteroatoms. The van der Waals surface area contributed by atoms with Gasteiger partial charge in [0.15, 0.2) is 0 Å². The van der Waals surface area contributed by atoms with Gasteiger partial charge >= 0.3 is 0 Å². The van der Waals surface area contributed by atoms with Crippen LogP contribution in [-0.4, -0.2) is 28.1 Å². The molecule has 0 bridgehead atoms. The van der Waals surface area contributed by atoms with Crippen molar-refractivity contribution in [3.8, 4) is 0 Å². The summed E-state index contributed by atoms with van der Waals surface area (Å²) in [7, 11) is 0. The molecule has 0 aliphatic rings. The van der Waals surface area contributed by atoms with Gasteiger partial charge in [0.1, 0.15) is 0 Å². The third kappa shape index (κ3) is 4.00. The number of nitrogens with one attached hydrogen (secondary N) is 1. The molecule has 1 aromatic heterocycles. The molecule has 84 valence electrons. The normalized spacial score (nSPS) is 10.3. The van der Waals surface area contributed by atoms with Gasteiger partial charge in [0.25, 0.3) is 0 Å². The van der Waals surface area contributed by atoms with Crippen molar-refractivity contribution in [2.24, 2.45) is 0 Å². The van der Waals surface area contributed by atoms with Gasteiger partial charge in [-0.2, -0.15) is 11.8 Å². The molecule has 15 heavy (non-hydrogen) atoms. The minimum absolute atomic E-state index is 0.763. The summed E-state index contributed by atoms with van der Waals surface area (Å²) >= 11 is 1.88. The summed E-state index contributed by atoms with van der Waals surface area (Å²) < 4.78 is 2.18.